The van der Waals surface area contributed by atoms with Crippen LogP contribution in [0.25, 0.3) is 0 Å². The number of aliphatic imine (C=N–C) groups is 1. The number of nitrogens with zero attached hydrogens (tertiary/aromatic N) is 3. The highest BCUT2D eigenvalue weighted by atomic mass is 15.3. The Morgan fingerprint density at radius 1 is 1.21 bits per heavy atom. The van der Waals surface area contributed by atoms with Crippen LogP contribution in [0.4, 0.5) is 5.69 Å². The van der Waals surface area contributed by atoms with Gasteiger partial charge in [0, 0.05) is 45.5 Å². The van der Waals surface area contributed by atoms with Crippen LogP contribution in [0.15, 0.2) is 41.4 Å². The van der Waals surface area contributed by atoms with Crippen LogP contribution in [-0.2, 0) is 6.54 Å². The van der Waals surface area contributed by atoms with Gasteiger partial charge >= 0.3 is 0 Å². The first-order valence-corrected chi connectivity index (χ1v) is 9.23. The average Bonchev–Trinajstić information content (AvgIpc) is 3.25. The van der Waals surface area contributed by atoms with Crippen LogP contribution < -0.4 is 10.2 Å². The number of nitrogens with one attached hydrogen (secondary N) is 1. The predicted octanol–water partition coefficient (Wildman–Crippen LogP) is 3.01. The van der Waals surface area contributed by atoms with Crippen molar-refractivity contribution in [3.8, 4) is 0 Å². The molecule has 0 radical (unpaired) electrons. The molecule has 1 spiro atoms. The van der Waals surface area contributed by atoms with Crippen LogP contribution in [0.1, 0.15) is 31.2 Å². The summed E-state index contributed by atoms with van der Waals surface area (Å²) in [6.45, 7) is 5.22. The van der Waals surface area contributed by atoms with E-state index in [4.69, 9.17) is 0 Å². The number of guanidine groups is 1. The normalized spacial score (nSPS) is 22.3. The Hall–Kier alpha value is -1.97. The number of anilines is 1. The van der Waals surface area contributed by atoms with Crippen LogP contribution in [0.2, 0.25) is 0 Å². The number of rotatable bonds is 3. The summed E-state index contributed by atoms with van der Waals surface area (Å²) >= 11 is 0. The molecule has 1 aromatic carbocycles. The van der Waals surface area contributed by atoms with E-state index in [2.05, 4.69) is 56.5 Å². The van der Waals surface area contributed by atoms with E-state index in [0.717, 1.165) is 32.1 Å². The number of hydrogen-bond donors (Lipinski definition) is 1. The Bertz CT molecular complexity index is 637. The second-order valence-electron chi connectivity index (χ2n) is 7.47. The molecule has 2 heterocycles. The number of hydrogen-bond acceptors (Lipinski definition) is 2. The Kier molecular flexibility index (Phi) is 4.21. The fourth-order valence-electron chi connectivity index (χ4n) is 4.27. The van der Waals surface area contributed by atoms with E-state index in [0.29, 0.717) is 5.41 Å². The first-order chi connectivity index (χ1) is 11.8. The SMILES string of the molecule is CN=C(NCc1cccc(N2CC=CC2)c1)N1CCC2(CCC2)C1. The van der Waals surface area contributed by atoms with Crippen LogP contribution in [0, 0.1) is 5.41 Å². The van der Waals surface area contributed by atoms with Gasteiger partial charge in [-0.15, -0.1) is 0 Å². The molecular formula is C20H28N4. The Balaban J connectivity index is 1.36. The molecule has 4 heteroatoms. The maximum absolute atomic E-state index is 4.52. The van der Waals surface area contributed by atoms with Crippen LogP contribution in [-0.4, -0.2) is 44.1 Å². The topological polar surface area (TPSA) is 30.9 Å². The zero-order valence-corrected chi connectivity index (χ0v) is 14.7. The average molecular weight is 324 g/mol. The lowest BCUT2D eigenvalue weighted by Gasteiger charge is -2.38. The molecule has 0 bridgehead atoms. The minimum absolute atomic E-state index is 0.611. The molecule has 1 aromatic rings. The van der Waals surface area contributed by atoms with E-state index in [-0.39, 0.29) is 0 Å². The lowest BCUT2D eigenvalue weighted by Crippen LogP contribution is -2.42. The number of benzene rings is 1. The molecule has 2 fully saturated rings. The molecule has 1 aliphatic carbocycles. The Labute approximate surface area is 145 Å². The molecule has 0 atom stereocenters. The molecule has 3 aliphatic rings. The summed E-state index contributed by atoms with van der Waals surface area (Å²) in [4.78, 5) is 9.36. The van der Waals surface area contributed by atoms with Gasteiger partial charge in [0.2, 0.25) is 0 Å². The molecule has 0 aromatic heterocycles. The third kappa shape index (κ3) is 3.02. The standard InChI is InChI=1S/C20H28N4/c1-21-19(24-13-10-20(16-24)8-5-9-20)22-15-17-6-4-7-18(14-17)23-11-2-3-12-23/h2-4,6-7,14H,5,8-13,15-16H2,1H3,(H,21,22). The van der Waals surface area contributed by atoms with Crippen LogP contribution in [0.5, 0.6) is 0 Å². The summed E-state index contributed by atoms with van der Waals surface area (Å²) in [7, 11) is 1.90. The van der Waals surface area contributed by atoms with Crippen LogP contribution in [0.3, 0.4) is 0 Å². The highest BCUT2D eigenvalue weighted by molar-refractivity contribution is 5.80. The van der Waals surface area contributed by atoms with Crippen molar-refractivity contribution >= 4 is 11.6 Å². The van der Waals surface area contributed by atoms with Crippen molar-refractivity contribution in [3.05, 3.63) is 42.0 Å². The third-order valence-electron chi connectivity index (χ3n) is 5.91. The zero-order chi connectivity index (χ0) is 16.4. The lowest BCUT2D eigenvalue weighted by atomic mass is 9.68. The molecule has 1 N–H and O–H groups in total. The van der Waals surface area contributed by atoms with Crippen molar-refractivity contribution in [2.24, 2.45) is 10.4 Å². The molecule has 2 aliphatic heterocycles. The summed E-state index contributed by atoms with van der Waals surface area (Å²) in [5.41, 5.74) is 3.24. The van der Waals surface area contributed by atoms with Gasteiger partial charge in [0.05, 0.1) is 0 Å². The van der Waals surface area contributed by atoms with Crippen molar-refractivity contribution in [3.63, 3.8) is 0 Å². The minimum Gasteiger partial charge on any atom is -0.364 e. The molecule has 128 valence electrons. The van der Waals surface area contributed by atoms with Crippen molar-refractivity contribution in [2.45, 2.75) is 32.2 Å². The van der Waals surface area contributed by atoms with E-state index >= 15 is 0 Å². The number of likely N-dealkylation sites (tertiary alicyclic amines) is 1. The van der Waals surface area contributed by atoms with Crippen molar-refractivity contribution in [1.29, 1.82) is 0 Å². The quantitative estimate of drug-likeness (QED) is 0.527. The van der Waals surface area contributed by atoms with E-state index in [1.165, 1.54) is 43.5 Å². The van der Waals surface area contributed by atoms with Crippen molar-refractivity contribution < 1.29 is 0 Å². The predicted molar refractivity (Wildman–Crippen MR) is 100 cm³/mol. The van der Waals surface area contributed by atoms with Crippen molar-refractivity contribution in [1.82, 2.24) is 10.2 Å². The Morgan fingerprint density at radius 3 is 2.71 bits per heavy atom. The van der Waals surface area contributed by atoms with Gasteiger partial charge in [-0.25, -0.2) is 0 Å². The summed E-state index contributed by atoms with van der Waals surface area (Å²) in [5, 5.41) is 3.57. The second-order valence-corrected chi connectivity index (χ2v) is 7.47. The molecule has 24 heavy (non-hydrogen) atoms. The van der Waals surface area contributed by atoms with Crippen molar-refractivity contribution in [2.75, 3.05) is 38.1 Å². The van der Waals surface area contributed by atoms with Gasteiger partial charge in [-0.2, -0.15) is 0 Å². The molecule has 1 saturated carbocycles. The largest absolute Gasteiger partial charge is 0.364 e. The van der Waals surface area contributed by atoms with Gasteiger partial charge in [-0.3, -0.25) is 4.99 Å². The van der Waals surface area contributed by atoms with E-state index in [9.17, 15) is 0 Å². The first kappa shape index (κ1) is 15.6. The highest BCUT2D eigenvalue weighted by Crippen LogP contribution is 2.47. The van der Waals surface area contributed by atoms with E-state index < -0.39 is 0 Å². The monoisotopic (exact) mass is 324 g/mol. The third-order valence-corrected chi connectivity index (χ3v) is 5.91. The zero-order valence-electron chi connectivity index (χ0n) is 14.7. The summed E-state index contributed by atoms with van der Waals surface area (Å²) < 4.78 is 0. The van der Waals surface area contributed by atoms with Gasteiger partial charge in [-0.05, 0) is 42.4 Å². The van der Waals surface area contributed by atoms with Crippen LogP contribution >= 0.6 is 0 Å². The molecule has 0 amide bonds. The second kappa shape index (κ2) is 6.50. The summed E-state index contributed by atoms with van der Waals surface area (Å²) in [5.74, 6) is 1.06. The molecule has 4 rings (SSSR count). The maximum Gasteiger partial charge on any atom is 0.193 e. The summed E-state index contributed by atoms with van der Waals surface area (Å²) in [6, 6.07) is 8.86. The first-order valence-electron chi connectivity index (χ1n) is 9.23. The van der Waals surface area contributed by atoms with Gasteiger partial charge in [0.15, 0.2) is 5.96 Å². The minimum atomic E-state index is 0.611. The van der Waals surface area contributed by atoms with Gasteiger partial charge in [-0.1, -0.05) is 30.7 Å². The van der Waals surface area contributed by atoms with Gasteiger partial charge in [0.1, 0.15) is 0 Å². The molecule has 0 unspecified atom stereocenters. The Morgan fingerprint density at radius 2 is 2.04 bits per heavy atom. The van der Waals surface area contributed by atoms with E-state index in [1.54, 1.807) is 0 Å². The maximum atomic E-state index is 4.52. The molecule has 1 saturated heterocycles. The molecular weight excluding hydrogens is 296 g/mol. The fraction of sp³-hybridized carbons (Fsp3) is 0.550. The molecule has 4 nitrogen and oxygen atoms in total. The fourth-order valence-corrected chi connectivity index (χ4v) is 4.27. The van der Waals surface area contributed by atoms with E-state index in [1.807, 2.05) is 7.05 Å². The lowest BCUT2D eigenvalue weighted by molar-refractivity contribution is 0.151. The smallest absolute Gasteiger partial charge is 0.193 e. The van der Waals surface area contributed by atoms with Gasteiger partial charge < -0.3 is 15.1 Å². The van der Waals surface area contributed by atoms with Gasteiger partial charge in [0.25, 0.3) is 0 Å². The summed E-state index contributed by atoms with van der Waals surface area (Å²) in [6.07, 6.45) is 10.0. The highest BCUT2D eigenvalue weighted by Gasteiger charge is 2.43.